The number of aromatic nitrogens is 1. The Morgan fingerprint density at radius 2 is 1.67 bits per heavy atom. The highest BCUT2D eigenvalue weighted by Gasteiger charge is 2.46. The molecule has 216 valence electrons. The molecule has 6 rings (SSSR count). The van der Waals surface area contributed by atoms with Crippen molar-refractivity contribution in [1.82, 2.24) is 25.4 Å². The zero-order valence-electron chi connectivity index (χ0n) is 23.6. The number of amides is 4. The maximum absolute atomic E-state index is 14.2. The standard InChI is InChI=1S/C34H31N5O4/c1-38-28-22-39(31(23-11-4-2-5-12-23)32(40)36-20-18-25-14-8-9-19-35-25)33(41)29(28)30(37-34(38)42)24-13-10-17-27(21-24)43-26-15-6-3-7-16-26/h2-17,19,21,30-31H,18,20,22H2,1H3,(H,36,40)(H,37,42)/t30-,31+/m1/s1. The van der Waals surface area contributed by atoms with Crippen LogP contribution in [-0.2, 0) is 16.0 Å². The summed E-state index contributed by atoms with van der Waals surface area (Å²) >= 11 is 0. The molecule has 4 aromatic rings. The second-order valence-corrected chi connectivity index (χ2v) is 10.4. The number of para-hydroxylation sites is 1. The summed E-state index contributed by atoms with van der Waals surface area (Å²) in [5.74, 6) is 0.646. The Hall–Kier alpha value is -5.44. The lowest BCUT2D eigenvalue weighted by molar-refractivity contribution is -0.136. The van der Waals surface area contributed by atoms with Gasteiger partial charge in [0.2, 0.25) is 5.91 Å². The van der Waals surface area contributed by atoms with Crippen molar-refractivity contribution >= 4 is 17.8 Å². The normalized spacial score (nSPS) is 16.9. The van der Waals surface area contributed by atoms with Crippen LogP contribution in [0.5, 0.6) is 11.5 Å². The van der Waals surface area contributed by atoms with Crippen LogP contribution in [0.15, 0.2) is 121 Å². The number of hydrogen-bond acceptors (Lipinski definition) is 5. The van der Waals surface area contributed by atoms with Crippen LogP contribution in [0.1, 0.15) is 28.9 Å². The van der Waals surface area contributed by atoms with Gasteiger partial charge in [-0.2, -0.15) is 0 Å². The molecule has 0 spiro atoms. The molecule has 43 heavy (non-hydrogen) atoms. The van der Waals surface area contributed by atoms with E-state index in [9.17, 15) is 14.4 Å². The lowest BCUT2D eigenvalue weighted by Crippen LogP contribution is -2.45. The molecule has 9 heteroatoms. The summed E-state index contributed by atoms with van der Waals surface area (Å²) in [4.78, 5) is 48.4. The number of hydrogen-bond donors (Lipinski definition) is 2. The third kappa shape index (κ3) is 5.83. The fourth-order valence-electron chi connectivity index (χ4n) is 5.49. The van der Waals surface area contributed by atoms with Gasteiger partial charge in [0.1, 0.15) is 17.5 Å². The highest BCUT2D eigenvalue weighted by atomic mass is 16.5. The SMILES string of the molecule is CN1C(=O)N[C@H](c2cccc(Oc3ccccc3)c2)C2=C1CN([C@H](C(=O)NCCc1ccccn1)c1ccccc1)C2=O. The van der Waals surface area contributed by atoms with Crippen molar-refractivity contribution in [1.29, 1.82) is 0 Å². The largest absolute Gasteiger partial charge is 0.457 e. The molecule has 2 aliphatic heterocycles. The minimum Gasteiger partial charge on any atom is -0.457 e. The maximum Gasteiger partial charge on any atom is 0.322 e. The van der Waals surface area contributed by atoms with Crippen LogP contribution in [0, 0.1) is 0 Å². The molecule has 1 aromatic heterocycles. The average Bonchev–Trinajstić information content (AvgIpc) is 3.37. The lowest BCUT2D eigenvalue weighted by atomic mass is 9.95. The summed E-state index contributed by atoms with van der Waals surface area (Å²) in [5.41, 5.74) is 3.24. The van der Waals surface area contributed by atoms with Crippen molar-refractivity contribution in [2.45, 2.75) is 18.5 Å². The Bertz CT molecular complexity index is 1660. The van der Waals surface area contributed by atoms with E-state index in [0.717, 1.165) is 5.69 Å². The van der Waals surface area contributed by atoms with Gasteiger partial charge in [0, 0.05) is 31.9 Å². The van der Waals surface area contributed by atoms with Gasteiger partial charge >= 0.3 is 6.03 Å². The summed E-state index contributed by atoms with van der Waals surface area (Å²) < 4.78 is 6.02. The number of pyridine rings is 1. The average molecular weight is 574 g/mol. The highest BCUT2D eigenvalue weighted by molar-refractivity contribution is 6.03. The first kappa shape index (κ1) is 27.7. The second kappa shape index (κ2) is 12.2. The van der Waals surface area contributed by atoms with E-state index >= 15 is 0 Å². The van der Waals surface area contributed by atoms with E-state index in [2.05, 4.69) is 15.6 Å². The minimum atomic E-state index is -0.889. The summed E-state index contributed by atoms with van der Waals surface area (Å²) in [5, 5.41) is 5.97. The molecule has 2 N–H and O–H groups in total. The summed E-state index contributed by atoms with van der Waals surface area (Å²) in [6.07, 6.45) is 2.27. The number of nitrogens with one attached hydrogen (secondary N) is 2. The monoisotopic (exact) mass is 573 g/mol. The van der Waals surface area contributed by atoms with Gasteiger partial charge in [-0.15, -0.1) is 0 Å². The molecule has 4 amide bonds. The van der Waals surface area contributed by atoms with Crippen LogP contribution < -0.4 is 15.4 Å². The Morgan fingerprint density at radius 1 is 0.953 bits per heavy atom. The predicted molar refractivity (Wildman–Crippen MR) is 161 cm³/mol. The maximum atomic E-state index is 14.2. The van der Waals surface area contributed by atoms with Gasteiger partial charge in [-0.25, -0.2) is 4.79 Å². The van der Waals surface area contributed by atoms with Crippen molar-refractivity contribution < 1.29 is 19.1 Å². The molecule has 2 aliphatic rings. The lowest BCUT2D eigenvalue weighted by Gasteiger charge is -2.31. The molecular formula is C34H31N5O4. The van der Waals surface area contributed by atoms with Crippen LogP contribution >= 0.6 is 0 Å². The molecule has 0 saturated carbocycles. The van der Waals surface area contributed by atoms with Crippen LogP contribution in [0.4, 0.5) is 4.79 Å². The van der Waals surface area contributed by atoms with E-state index in [1.807, 2.05) is 103 Å². The number of carbonyl (C=O) groups excluding carboxylic acids is 3. The third-order valence-electron chi connectivity index (χ3n) is 7.64. The number of nitrogens with zero attached hydrogens (tertiary/aromatic N) is 3. The van der Waals surface area contributed by atoms with Gasteiger partial charge in [0.15, 0.2) is 0 Å². The van der Waals surface area contributed by atoms with Gasteiger partial charge in [-0.1, -0.05) is 66.7 Å². The molecule has 0 unspecified atom stereocenters. The van der Waals surface area contributed by atoms with E-state index < -0.39 is 12.1 Å². The third-order valence-corrected chi connectivity index (χ3v) is 7.64. The Morgan fingerprint density at radius 3 is 2.42 bits per heavy atom. The summed E-state index contributed by atoms with van der Waals surface area (Å²) in [6.45, 7) is 0.479. The molecule has 0 saturated heterocycles. The van der Waals surface area contributed by atoms with Gasteiger partial charge in [-0.3, -0.25) is 19.5 Å². The molecule has 0 fully saturated rings. The predicted octanol–water partition coefficient (Wildman–Crippen LogP) is 4.77. The van der Waals surface area contributed by atoms with E-state index in [-0.39, 0.29) is 24.4 Å². The fourth-order valence-corrected chi connectivity index (χ4v) is 5.49. The quantitative estimate of drug-likeness (QED) is 0.300. The first-order valence-corrected chi connectivity index (χ1v) is 14.1. The van der Waals surface area contributed by atoms with E-state index in [1.54, 1.807) is 18.1 Å². The van der Waals surface area contributed by atoms with Crippen molar-refractivity contribution in [3.63, 3.8) is 0 Å². The van der Waals surface area contributed by atoms with Crippen molar-refractivity contribution in [3.8, 4) is 11.5 Å². The van der Waals surface area contributed by atoms with Crippen molar-refractivity contribution in [2.24, 2.45) is 0 Å². The fraction of sp³-hybridized carbons (Fsp3) is 0.176. The Kier molecular flexibility index (Phi) is 7.86. The first-order valence-electron chi connectivity index (χ1n) is 14.1. The smallest absolute Gasteiger partial charge is 0.322 e. The van der Waals surface area contributed by atoms with Gasteiger partial charge < -0.3 is 20.3 Å². The molecule has 2 atom stereocenters. The molecule has 3 aromatic carbocycles. The summed E-state index contributed by atoms with van der Waals surface area (Å²) in [6, 6.07) is 29.7. The van der Waals surface area contributed by atoms with E-state index in [4.69, 9.17) is 4.74 Å². The minimum absolute atomic E-state index is 0.113. The van der Waals surface area contributed by atoms with Crippen molar-refractivity contribution in [2.75, 3.05) is 20.1 Å². The number of rotatable bonds is 9. The van der Waals surface area contributed by atoms with E-state index in [0.29, 0.717) is 46.9 Å². The zero-order chi connectivity index (χ0) is 29.8. The molecule has 3 heterocycles. The van der Waals surface area contributed by atoms with Crippen LogP contribution in [-0.4, -0.2) is 52.8 Å². The number of likely N-dealkylation sites (N-methyl/N-ethyl adjacent to an activating group) is 1. The van der Waals surface area contributed by atoms with Gasteiger partial charge in [0.05, 0.1) is 23.9 Å². The Balaban J connectivity index is 1.28. The van der Waals surface area contributed by atoms with Gasteiger partial charge in [0.25, 0.3) is 5.91 Å². The molecular weight excluding hydrogens is 542 g/mol. The highest BCUT2D eigenvalue weighted by Crippen LogP contribution is 2.40. The number of urea groups is 1. The van der Waals surface area contributed by atoms with E-state index in [1.165, 1.54) is 4.90 Å². The second-order valence-electron chi connectivity index (χ2n) is 10.4. The van der Waals surface area contributed by atoms with Crippen LogP contribution in [0.2, 0.25) is 0 Å². The summed E-state index contributed by atoms with van der Waals surface area (Å²) in [7, 11) is 1.64. The number of benzene rings is 3. The number of carbonyl (C=O) groups is 3. The topological polar surface area (TPSA) is 104 Å². The molecule has 0 aliphatic carbocycles. The molecule has 9 nitrogen and oxygen atoms in total. The van der Waals surface area contributed by atoms with Crippen LogP contribution in [0.3, 0.4) is 0 Å². The van der Waals surface area contributed by atoms with Crippen LogP contribution in [0.25, 0.3) is 0 Å². The number of ether oxygens (including phenoxy) is 1. The molecule has 0 bridgehead atoms. The first-order chi connectivity index (χ1) is 21.0. The Labute approximate surface area is 249 Å². The van der Waals surface area contributed by atoms with Crippen molar-refractivity contribution in [3.05, 3.63) is 137 Å². The van der Waals surface area contributed by atoms with Gasteiger partial charge in [-0.05, 0) is 47.5 Å². The zero-order valence-corrected chi connectivity index (χ0v) is 23.6. The molecule has 0 radical (unpaired) electrons.